The van der Waals surface area contributed by atoms with Crippen molar-refractivity contribution in [2.75, 3.05) is 6.61 Å². The van der Waals surface area contributed by atoms with Gasteiger partial charge in [0, 0.05) is 6.42 Å². The fourth-order valence-corrected chi connectivity index (χ4v) is 12.9. The van der Waals surface area contributed by atoms with Crippen LogP contribution in [0.2, 0.25) is 13.3 Å². The molecule has 5 heteroatoms. The van der Waals surface area contributed by atoms with E-state index in [0.717, 1.165) is 25.9 Å². The number of ether oxygens (including phenoxy) is 1. The Morgan fingerprint density at radius 2 is 0.846 bits per heavy atom. The summed E-state index contributed by atoms with van der Waals surface area (Å²) in [6.07, 6.45) is 29.2. The number of esters is 1. The molecule has 0 aromatic carbocycles. The van der Waals surface area contributed by atoms with E-state index >= 15 is 0 Å². The summed E-state index contributed by atoms with van der Waals surface area (Å²) in [5, 5.41) is 8.41. The fraction of sp³-hybridized carbons (Fsp3) is 0.941. The predicted octanol–water partition coefficient (Wildman–Crippen LogP) is 11.5. The van der Waals surface area contributed by atoms with Crippen molar-refractivity contribution in [3.8, 4) is 0 Å². The van der Waals surface area contributed by atoms with Gasteiger partial charge in [-0.05, 0) is 6.42 Å². The fourth-order valence-electron chi connectivity index (χ4n) is 4.78. The molecule has 0 aliphatic rings. The molecule has 0 fully saturated rings. The average Bonchev–Trinajstić information content (AvgIpc) is 2.92. The van der Waals surface area contributed by atoms with E-state index < -0.39 is 25.7 Å². The van der Waals surface area contributed by atoms with Crippen LogP contribution >= 0.6 is 0 Å². The Labute approximate surface area is 252 Å². The molecule has 0 aromatic heterocycles. The van der Waals surface area contributed by atoms with Crippen LogP contribution < -0.4 is 0 Å². The van der Waals surface area contributed by atoms with Gasteiger partial charge >= 0.3 is 152 Å². The summed E-state index contributed by atoms with van der Waals surface area (Å²) < 4.78 is 9.76. The van der Waals surface area contributed by atoms with Gasteiger partial charge in [0.05, 0.1) is 0 Å². The van der Waals surface area contributed by atoms with Gasteiger partial charge in [-0.25, -0.2) is 0 Å². The van der Waals surface area contributed by atoms with Crippen molar-refractivity contribution in [2.45, 2.75) is 195 Å². The van der Waals surface area contributed by atoms with Crippen molar-refractivity contribution >= 4 is 31.7 Å². The number of hydrogen-bond acceptors (Lipinski definition) is 3. The molecule has 0 aliphatic carbocycles. The molecule has 0 rings (SSSR count). The molecule has 1 N–H and O–H groups in total. The molecule has 0 heterocycles. The Bertz CT molecular complexity index is 490. The third-order valence-electron chi connectivity index (χ3n) is 7.47. The molecular formula is C34H69O4Sn. The first-order valence-corrected chi connectivity index (χ1v) is 23.3. The van der Waals surface area contributed by atoms with Gasteiger partial charge in [-0.15, -0.1) is 0 Å². The number of unbranched alkanes of at least 4 members (excludes halogenated alkanes) is 18. The zero-order valence-corrected chi connectivity index (χ0v) is 29.8. The van der Waals surface area contributed by atoms with E-state index in [9.17, 15) is 9.59 Å². The molecule has 0 unspecified atom stereocenters. The molecule has 39 heavy (non-hydrogen) atoms. The summed E-state index contributed by atoms with van der Waals surface area (Å²) >= 11 is -1.25. The minimum absolute atomic E-state index is 0.0525. The zero-order chi connectivity index (χ0) is 29.2. The van der Waals surface area contributed by atoms with Gasteiger partial charge in [-0.1, -0.05) is 78.1 Å². The van der Waals surface area contributed by atoms with Crippen molar-refractivity contribution in [3.05, 3.63) is 0 Å². The summed E-state index contributed by atoms with van der Waals surface area (Å²) in [6.45, 7) is 9.78. The van der Waals surface area contributed by atoms with E-state index in [2.05, 4.69) is 27.7 Å². The van der Waals surface area contributed by atoms with Crippen molar-refractivity contribution in [1.29, 1.82) is 0 Å². The summed E-state index contributed by atoms with van der Waals surface area (Å²) in [7, 11) is 0. The third kappa shape index (κ3) is 37.7. The van der Waals surface area contributed by atoms with Crippen LogP contribution in [0.1, 0.15) is 182 Å². The Hall–Kier alpha value is -0.261. The molecule has 0 bridgehead atoms. The van der Waals surface area contributed by atoms with E-state index in [1.54, 1.807) is 0 Å². The van der Waals surface area contributed by atoms with Crippen molar-refractivity contribution in [1.82, 2.24) is 0 Å². The second-order valence-electron chi connectivity index (χ2n) is 11.5. The van der Waals surface area contributed by atoms with E-state index in [-0.39, 0.29) is 5.97 Å². The molecule has 0 aliphatic heterocycles. The molecule has 233 valence electrons. The Balaban J connectivity index is 0. The van der Waals surface area contributed by atoms with Crippen molar-refractivity contribution in [3.63, 3.8) is 0 Å². The van der Waals surface area contributed by atoms with Gasteiger partial charge in [0.2, 0.25) is 0 Å². The van der Waals surface area contributed by atoms with Crippen LogP contribution in [0.4, 0.5) is 0 Å². The summed E-state index contributed by atoms with van der Waals surface area (Å²) in [5.41, 5.74) is 0. The van der Waals surface area contributed by atoms with Crippen molar-refractivity contribution < 1.29 is 19.4 Å². The molecule has 0 saturated heterocycles. The Morgan fingerprint density at radius 3 is 1.23 bits per heavy atom. The number of carbonyl (C=O) groups is 2. The first-order valence-electron chi connectivity index (χ1n) is 17.2. The topological polar surface area (TPSA) is 63.6 Å². The molecule has 4 nitrogen and oxygen atoms in total. The molecular weight excluding hydrogens is 591 g/mol. The monoisotopic (exact) mass is 661 g/mol. The second-order valence-corrected chi connectivity index (χ2v) is 20.0. The summed E-state index contributed by atoms with van der Waals surface area (Å²) in [6, 6.07) is 0. The van der Waals surface area contributed by atoms with Crippen LogP contribution in [-0.2, 0) is 14.3 Å². The molecule has 0 spiro atoms. The molecule has 0 atom stereocenters. The van der Waals surface area contributed by atoms with Crippen LogP contribution in [0.3, 0.4) is 0 Å². The van der Waals surface area contributed by atoms with Gasteiger partial charge in [0.1, 0.15) is 0 Å². The SMILES string of the molecule is CCCCCCCCCCCC(=O)O.CCCCCCCCCCCC(=O)OC[CH2][Sn]([CH2]CCC)[CH2]CCC. The van der Waals surface area contributed by atoms with Crippen LogP contribution in [-0.4, -0.2) is 43.4 Å². The van der Waals surface area contributed by atoms with Crippen LogP contribution in [0, 0.1) is 0 Å². The molecule has 0 saturated carbocycles. The maximum atomic E-state index is 11.9. The van der Waals surface area contributed by atoms with Crippen LogP contribution in [0.5, 0.6) is 0 Å². The summed E-state index contributed by atoms with van der Waals surface area (Å²) in [5.74, 6) is -0.607. The van der Waals surface area contributed by atoms with E-state index in [1.165, 1.54) is 135 Å². The standard InChI is InChI=1S/C14H27O2.C12H24O2.2C4H9.Sn/c1-3-5-6-7-8-9-10-11-12-13-14(15)16-4-2;1-2-3-4-5-6-7-8-9-10-11-12(13)14;2*1-3-4-2;/h2-13H2,1H3;2-11H2,1H3,(H,13,14);2*1,3-4H2,2H3;. The maximum absolute atomic E-state index is 11.9. The van der Waals surface area contributed by atoms with Gasteiger partial charge in [-0.3, -0.25) is 4.79 Å². The van der Waals surface area contributed by atoms with Gasteiger partial charge in [-0.2, -0.15) is 0 Å². The molecule has 0 amide bonds. The van der Waals surface area contributed by atoms with E-state index in [0.29, 0.717) is 12.8 Å². The quantitative estimate of drug-likeness (QED) is 0.0493. The molecule has 1 radical (unpaired) electrons. The van der Waals surface area contributed by atoms with E-state index in [4.69, 9.17) is 9.84 Å². The minimum atomic E-state index is -1.25. The number of carboxylic acid groups (broad SMARTS) is 1. The van der Waals surface area contributed by atoms with Crippen molar-refractivity contribution in [2.24, 2.45) is 0 Å². The number of hydrogen-bond donors (Lipinski definition) is 1. The van der Waals surface area contributed by atoms with Crippen LogP contribution in [0.15, 0.2) is 0 Å². The second kappa shape index (κ2) is 35.8. The van der Waals surface area contributed by atoms with Gasteiger partial charge in [0.15, 0.2) is 0 Å². The predicted molar refractivity (Wildman–Crippen MR) is 172 cm³/mol. The van der Waals surface area contributed by atoms with Gasteiger partial charge in [0.25, 0.3) is 0 Å². The van der Waals surface area contributed by atoms with Crippen LogP contribution in [0.25, 0.3) is 0 Å². The number of rotatable bonds is 29. The number of carboxylic acids is 1. The molecule has 0 aromatic rings. The first-order chi connectivity index (χ1) is 19.0. The average molecular weight is 661 g/mol. The normalized spacial score (nSPS) is 10.9. The number of carbonyl (C=O) groups excluding carboxylic acids is 1. The summed E-state index contributed by atoms with van der Waals surface area (Å²) in [4.78, 5) is 22.1. The van der Waals surface area contributed by atoms with E-state index in [1.807, 2.05) is 0 Å². The number of aliphatic carboxylic acids is 1. The Kier molecular flexibility index (Phi) is 37.5. The zero-order valence-electron chi connectivity index (χ0n) is 27.0. The Morgan fingerprint density at radius 1 is 0.487 bits per heavy atom. The first kappa shape index (κ1) is 40.9. The third-order valence-corrected chi connectivity index (χ3v) is 16.1. The van der Waals surface area contributed by atoms with Gasteiger partial charge < -0.3 is 5.11 Å².